The van der Waals surface area contributed by atoms with Crippen molar-refractivity contribution in [3.8, 4) is 11.5 Å². The van der Waals surface area contributed by atoms with Gasteiger partial charge in [-0.25, -0.2) is 0 Å². The Morgan fingerprint density at radius 2 is 1.74 bits per heavy atom. The lowest BCUT2D eigenvalue weighted by molar-refractivity contribution is -0.131. The van der Waals surface area contributed by atoms with Crippen LogP contribution in [0.3, 0.4) is 0 Å². The molecule has 38 heavy (non-hydrogen) atoms. The first kappa shape index (κ1) is 29.5. The van der Waals surface area contributed by atoms with Gasteiger partial charge in [0, 0.05) is 38.4 Å². The number of hydrogen-bond acceptors (Lipinski definition) is 7. The first-order chi connectivity index (χ1) is 18.2. The first-order valence-electron chi connectivity index (χ1n) is 13.1. The monoisotopic (exact) mass is 543 g/mol. The van der Waals surface area contributed by atoms with Crippen LogP contribution in [0, 0.1) is 5.92 Å². The molecule has 8 nitrogen and oxygen atoms in total. The summed E-state index contributed by atoms with van der Waals surface area (Å²) in [5, 5.41) is 0.403. The van der Waals surface area contributed by atoms with E-state index in [2.05, 4.69) is 4.90 Å². The van der Waals surface area contributed by atoms with Crippen molar-refractivity contribution in [3.05, 3.63) is 47.0 Å². The molecule has 2 aromatic carbocycles. The number of esters is 1. The standard InChI is InChI=1S/C29H38ClN3O5/c1-20(34)33(27-17-25(30)26(31)18-29(27)37-3)19-22-12-15-32(16-13-22)14-6-4-5-7-28(36)23-8-10-24(11-9-23)38-21(2)35/h8-11,17-18,22H,4-7,12-16,19,31H2,1-3H3. The van der Waals surface area contributed by atoms with E-state index in [1.54, 1.807) is 55.3 Å². The summed E-state index contributed by atoms with van der Waals surface area (Å²) >= 11 is 6.23. The van der Waals surface area contributed by atoms with E-state index in [0.717, 1.165) is 51.7 Å². The molecule has 0 saturated carbocycles. The van der Waals surface area contributed by atoms with Crippen molar-refractivity contribution in [2.45, 2.75) is 52.4 Å². The van der Waals surface area contributed by atoms with Gasteiger partial charge in [0.1, 0.15) is 11.5 Å². The second kappa shape index (κ2) is 14.2. The zero-order valence-corrected chi connectivity index (χ0v) is 23.3. The predicted molar refractivity (Wildman–Crippen MR) is 150 cm³/mol. The highest BCUT2D eigenvalue weighted by Crippen LogP contribution is 2.36. The second-order valence-corrected chi connectivity index (χ2v) is 10.2. The van der Waals surface area contributed by atoms with Gasteiger partial charge in [-0.1, -0.05) is 18.0 Å². The molecule has 0 bridgehead atoms. The fourth-order valence-electron chi connectivity index (χ4n) is 4.80. The van der Waals surface area contributed by atoms with Crippen molar-refractivity contribution in [1.29, 1.82) is 0 Å². The lowest BCUT2D eigenvalue weighted by Gasteiger charge is -2.35. The summed E-state index contributed by atoms with van der Waals surface area (Å²) < 4.78 is 10.5. The second-order valence-electron chi connectivity index (χ2n) is 9.81. The summed E-state index contributed by atoms with van der Waals surface area (Å²) in [5.74, 6) is 1.05. The van der Waals surface area contributed by atoms with Crippen molar-refractivity contribution in [2.24, 2.45) is 5.92 Å². The smallest absolute Gasteiger partial charge is 0.308 e. The molecule has 1 amide bonds. The van der Waals surface area contributed by atoms with Crippen LogP contribution in [-0.2, 0) is 9.59 Å². The van der Waals surface area contributed by atoms with Crippen LogP contribution in [0.25, 0.3) is 0 Å². The highest BCUT2D eigenvalue weighted by molar-refractivity contribution is 6.33. The summed E-state index contributed by atoms with van der Waals surface area (Å²) in [6.45, 7) is 6.51. The van der Waals surface area contributed by atoms with Crippen LogP contribution in [0.1, 0.15) is 62.7 Å². The molecule has 0 aromatic heterocycles. The molecule has 1 heterocycles. The van der Waals surface area contributed by atoms with Crippen molar-refractivity contribution < 1.29 is 23.9 Å². The minimum absolute atomic E-state index is 0.0542. The number of hydrogen-bond donors (Lipinski definition) is 1. The van der Waals surface area contributed by atoms with E-state index >= 15 is 0 Å². The molecule has 9 heteroatoms. The van der Waals surface area contributed by atoms with Crippen LogP contribution in [0.15, 0.2) is 36.4 Å². The van der Waals surface area contributed by atoms with Crippen LogP contribution in [-0.4, -0.2) is 55.8 Å². The van der Waals surface area contributed by atoms with Gasteiger partial charge in [-0.3, -0.25) is 14.4 Å². The highest BCUT2D eigenvalue weighted by atomic mass is 35.5. The van der Waals surface area contributed by atoms with Crippen LogP contribution in [0.5, 0.6) is 11.5 Å². The van der Waals surface area contributed by atoms with E-state index in [1.807, 2.05) is 0 Å². The van der Waals surface area contributed by atoms with Crippen molar-refractivity contribution in [3.63, 3.8) is 0 Å². The van der Waals surface area contributed by atoms with Crippen LogP contribution >= 0.6 is 11.6 Å². The average molecular weight is 544 g/mol. The Labute approximate surface area is 230 Å². The van der Waals surface area contributed by atoms with Crippen molar-refractivity contribution in [2.75, 3.05) is 43.9 Å². The molecule has 0 atom stereocenters. The molecule has 0 unspecified atom stereocenters. The SMILES string of the molecule is COc1cc(N)c(Cl)cc1N(CC1CCN(CCCCCC(=O)c2ccc(OC(C)=O)cc2)CC1)C(C)=O. The van der Waals surface area contributed by atoms with Gasteiger partial charge in [-0.05, 0) is 81.6 Å². The third kappa shape index (κ3) is 8.46. The summed E-state index contributed by atoms with van der Waals surface area (Å²) in [5.41, 5.74) is 7.62. The number of anilines is 2. The number of carbonyl (C=O) groups is 3. The number of unbranched alkanes of at least 4 members (excludes halogenated alkanes) is 2. The van der Waals surface area contributed by atoms with Gasteiger partial charge in [0.15, 0.2) is 5.78 Å². The lowest BCUT2D eigenvalue weighted by atomic mass is 9.95. The van der Waals surface area contributed by atoms with Gasteiger partial charge >= 0.3 is 5.97 Å². The Morgan fingerprint density at radius 1 is 1.05 bits per heavy atom. The quantitative estimate of drug-likeness (QED) is 0.126. The van der Waals surface area contributed by atoms with Gasteiger partial charge in [0.25, 0.3) is 0 Å². The molecule has 1 fully saturated rings. The van der Waals surface area contributed by atoms with E-state index in [9.17, 15) is 14.4 Å². The topological polar surface area (TPSA) is 102 Å². The molecule has 2 aromatic rings. The van der Waals surface area contributed by atoms with E-state index < -0.39 is 0 Å². The summed E-state index contributed by atoms with van der Waals surface area (Å²) in [6, 6.07) is 10.1. The van der Waals surface area contributed by atoms with E-state index in [-0.39, 0.29) is 17.7 Å². The largest absolute Gasteiger partial charge is 0.494 e. The molecule has 2 N–H and O–H groups in total. The number of methoxy groups -OCH3 is 1. The van der Waals surface area contributed by atoms with Crippen molar-refractivity contribution >= 4 is 40.6 Å². The Morgan fingerprint density at radius 3 is 2.34 bits per heavy atom. The summed E-state index contributed by atoms with van der Waals surface area (Å²) in [7, 11) is 1.56. The van der Waals surface area contributed by atoms with Crippen LogP contribution < -0.4 is 20.1 Å². The van der Waals surface area contributed by atoms with Gasteiger partial charge < -0.3 is 25.0 Å². The Bertz CT molecular complexity index is 1110. The van der Waals surface area contributed by atoms with Gasteiger partial charge in [-0.15, -0.1) is 0 Å². The number of halogens is 1. The molecule has 1 aliphatic heterocycles. The third-order valence-corrected chi connectivity index (χ3v) is 7.26. The molecule has 0 spiro atoms. The molecule has 0 aliphatic carbocycles. The number of ether oxygens (including phenoxy) is 2. The number of carbonyl (C=O) groups excluding carboxylic acids is 3. The zero-order valence-electron chi connectivity index (χ0n) is 22.5. The van der Waals surface area contributed by atoms with E-state index in [1.165, 1.54) is 6.92 Å². The van der Waals surface area contributed by atoms with E-state index in [4.69, 9.17) is 26.8 Å². The fourth-order valence-corrected chi connectivity index (χ4v) is 4.96. The number of ketones is 1. The molecule has 206 valence electrons. The number of rotatable bonds is 12. The zero-order chi connectivity index (χ0) is 27.7. The number of nitrogen functional groups attached to an aromatic ring is 1. The number of nitrogens with two attached hydrogens (primary N) is 1. The molecule has 1 saturated heterocycles. The van der Waals surface area contributed by atoms with Gasteiger partial charge in [-0.2, -0.15) is 0 Å². The predicted octanol–water partition coefficient (Wildman–Crippen LogP) is 5.36. The molecular formula is C29H38ClN3O5. The van der Waals surface area contributed by atoms with Gasteiger partial charge in [0.2, 0.25) is 5.91 Å². The minimum atomic E-state index is -0.379. The van der Waals surface area contributed by atoms with Gasteiger partial charge in [0.05, 0.1) is 23.5 Å². The number of piperidine rings is 1. The third-order valence-electron chi connectivity index (χ3n) is 6.93. The molecule has 1 aliphatic rings. The first-order valence-corrected chi connectivity index (χ1v) is 13.5. The molecule has 3 rings (SSSR count). The van der Waals surface area contributed by atoms with Crippen LogP contribution in [0.4, 0.5) is 11.4 Å². The minimum Gasteiger partial charge on any atom is -0.494 e. The number of likely N-dealkylation sites (tertiary alicyclic amines) is 1. The average Bonchev–Trinajstić information content (AvgIpc) is 2.89. The highest BCUT2D eigenvalue weighted by Gasteiger charge is 2.25. The Balaban J connectivity index is 1.38. The fraction of sp³-hybridized carbons (Fsp3) is 0.483. The number of amides is 1. The number of Topliss-reactive ketones (excluding diaryl/α,β-unsaturated/α-hetero) is 1. The summed E-state index contributed by atoms with van der Waals surface area (Å²) in [6.07, 6.45) is 5.42. The summed E-state index contributed by atoms with van der Waals surface area (Å²) in [4.78, 5) is 40.1. The maximum atomic E-state index is 12.5. The maximum Gasteiger partial charge on any atom is 0.308 e. The molecule has 0 radical (unpaired) electrons. The molecular weight excluding hydrogens is 506 g/mol. The maximum absolute atomic E-state index is 12.5. The van der Waals surface area contributed by atoms with E-state index in [0.29, 0.717) is 52.3 Å². The normalized spacial score (nSPS) is 14.2. The lowest BCUT2D eigenvalue weighted by Crippen LogP contribution is -2.40. The Hall–Kier alpha value is -3.10. The van der Waals surface area contributed by atoms with Crippen LogP contribution in [0.2, 0.25) is 5.02 Å². The number of benzene rings is 2. The van der Waals surface area contributed by atoms with Crippen molar-refractivity contribution in [1.82, 2.24) is 4.90 Å². The number of nitrogens with zero attached hydrogens (tertiary/aromatic N) is 2. The Kier molecular flexibility index (Phi) is 11.0.